The van der Waals surface area contributed by atoms with Gasteiger partial charge in [-0.25, -0.2) is 14.4 Å². The van der Waals surface area contributed by atoms with Crippen LogP contribution in [-0.4, -0.2) is 17.1 Å². The van der Waals surface area contributed by atoms with E-state index in [2.05, 4.69) is 9.97 Å². The van der Waals surface area contributed by atoms with E-state index in [9.17, 15) is 4.39 Å². The van der Waals surface area contributed by atoms with Crippen molar-refractivity contribution in [1.82, 2.24) is 9.97 Å². The quantitative estimate of drug-likeness (QED) is 0.777. The summed E-state index contributed by atoms with van der Waals surface area (Å²) >= 11 is 0. The first kappa shape index (κ1) is 10.5. The normalized spacial score (nSPS) is 10.2. The van der Waals surface area contributed by atoms with E-state index in [4.69, 9.17) is 4.74 Å². The molecule has 0 N–H and O–H groups in total. The summed E-state index contributed by atoms with van der Waals surface area (Å²) in [4.78, 5) is 8.16. The second-order valence-corrected chi connectivity index (χ2v) is 3.38. The molecule has 0 unspecified atom stereocenters. The number of nitrogens with zero attached hydrogens (tertiary/aromatic N) is 2. The highest BCUT2D eigenvalue weighted by Gasteiger charge is 2.12. The Labute approximate surface area is 92.9 Å². The molecule has 0 atom stereocenters. The maximum Gasteiger partial charge on any atom is 0.162 e. The molecule has 0 saturated carbocycles. The second-order valence-electron chi connectivity index (χ2n) is 3.38. The largest absolute Gasteiger partial charge is 0.496 e. The van der Waals surface area contributed by atoms with Crippen LogP contribution in [0.4, 0.5) is 4.39 Å². The number of hydrogen-bond acceptors (Lipinski definition) is 3. The lowest BCUT2D eigenvalue weighted by atomic mass is 10.1. The molecular formula is C12H11FN2O. The van der Waals surface area contributed by atoms with Gasteiger partial charge in [-0.05, 0) is 30.7 Å². The van der Waals surface area contributed by atoms with Gasteiger partial charge in [-0.15, -0.1) is 0 Å². The molecule has 0 spiro atoms. The Balaban J connectivity index is 2.64. The van der Waals surface area contributed by atoms with Crippen molar-refractivity contribution in [2.75, 3.05) is 7.11 Å². The lowest BCUT2D eigenvalue weighted by molar-refractivity contribution is 0.412. The molecule has 0 aliphatic heterocycles. The molecule has 16 heavy (non-hydrogen) atoms. The van der Waals surface area contributed by atoms with Crippen molar-refractivity contribution in [3.8, 4) is 17.1 Å². The van der Waals surface area contributed by atoms with Crippen molar-refractivity contribution in [3.05, 3.63) is 42.0 Å². The second kappa shape index (κ2) is 4.26. The highest BCUT2D eigenvalue weighted by molar-refractivity contribution is 5.66. The first-order valence-corrected chi connectivity index (χ1v) is 4.84. The Kier molecular flexibility index (Phi) is 2.81. The Morgan fingerprint density at radius 3 is 2.50 bits per heavy atom. The fraction of sp³-hybridized carbons (Fsp3) is 0.167. The van der Waals surface area contributed by atoms with Crippen LogP contribution in [0.5, 0.6) is 5.75 Å². The number of hydrogen-bond donors (Lipinski definition) is 0. The van der Waals surface area contributed by atoms with Gasteiger partial charge < -0.3 is 4.74 Å². The average Bonchev–Trinajstić information content (AvgIpc) is 2.29. The topological polar surface area (TPSA) is 35.0 Å². The van der Waals surface area contributed by atoms with E-state index in [1.807, 2.05) is 0 Å². The third-order valence-electron chi connectivity index (χ3n) is 2.25. The number of rotatable bonds is 2. The minimum absolute atomic E-state index is 0.319. The predicted molar refractivity (Wildman–Crippen MR) is 58.7 cm³/mol. The fourth-order valence-electron chi connectivity index (χ4n) is 1.61. The molecule has 82 valence electrons. The van der Waals surface area contributed by atoms with Gasteiger partial charge in [0.2, 0.25) is 0 Å². The van der Waals surface area contributed by atoms with Crippen LogP contribution in [0.3, 0.4) is 0 Å². The van der Waals surface area contributed by atoms with E-state index in [0.717, 1.165) is 5.56 Å². The predicted octanol–water partition coefficient (Wildman–Crippen LogP) is 2.60. The van der Waals surface area contributed by atoms with Crippen LogP contribution >= 0.6 is 0 Å². The minimum Gasteiger partial charge on any atom is -0.496 e. The van der Waals surface area contributed by atoms with Gasteiger partial charge in [0.1, 0.15) is 11.6 Å². The zero-order valence-electron chi connectivity index (χ0n) is 9.07. The minimum atomic E-state index is -0.319. The maximum atomic E-state index is 13.3. The van der Waals surface area contributed by atoms with Crippen LogP contribution in [0, 0.1) is 12.7 Å². The molecule has 0 saturated heterocycles. The summed E-state index contributed by atoms with van der Waals surface area (Å²) in [6.45, 7) is 1.79. The first-order chi connectivity index (χ1) is 7.72. The monoisotopic (exact) mass is 218 g/mol. The number of aryl methyl sites for hydroxylation is 1. The van der Waals surface area contributed by atoms with Crippen LogP contribution in [-0.2, 0) is 0 Å². The molecule has 2 rings (SSSR count). The number of aromatic nitrogens is 2. The molecule has 0 radical (unpaired) electrons. The molecule has 1 heterocycles. The van der Waals surface area contributed by atoms with E-state index in [0.29, 0.717) is 17.1 Å². The molecule has 0 aliphatic carbocycles. The molecule has 0 fully saturated rings. The van der Waals surface area contributed by atoms with Crippen LogP contribution in [0.15, 0.2) is 30.6 Å². The van der Waals surface area contributed by atoms with Crippen molar-refractivity contribution in [2.45, 2.75) is 6.92 Å². The van der Waals surface area contributed by atoms with Crippen LogP contribution in [0.1, 0.15) is 5.56 Å². The SMILES string of the molecule is COc1c(C)cc(F)cc1-c1ncccn1. The Bertz CT molecular complexity index is 500. The molecule has 0 amide bonds. The molecular weight excluding hydrogens is 207 g/mol. The highest BCUT2D eigenvalue weighted by atomic mass is 19.1. The number of benzene rings is 1. The number of ether oxygens (including phenoxy) is 1. The van der Waals surface area contributed by atoms with E-state index >= 15 is 0 Å². The lowest BCUT2D eigenvalue weighted by Crippen LogP contribution is -1.96. The van der Waals surface area contributed by atoms with E-state index in [-0.39, 0.29) is 5.82 Å². The van der Waals surface area contributed by atoms with Crippen LogP contribution < -0.4 is 4.74 Å². The highest BCUT2D eigenvalue weighted by Crippen LogP contribution is 2.31. The summed E-state index contributed by atoms with van der Waals surface area (Å²) in [6.07, 6.45) is 3.23. The third-order valence-corrected chi connectivity index (χ3v) is 2.25. The van der Waals surface area contributed by atoms with Crippen molar-refractivity contribution < 1.29 is 9.13 Å². The van der Waals surface area contributed by atoms with Gasteiger partial charge in [-0.2, -0.15) is 0 Å². The van der Waals surface area contributed by atoms with Gasteiger partial charge >= 0.3 is 0 Å². The van der Waals surface area contributed by atoms with Gasteiger partial charge in [0.25, 0.3) is 0 Å². The number of halogens is 1. The van der Waals surface area contributed by atoms with Crippen molar-refractivity contribution in [1.29, 1.82) is 0 Å². The number of methoxy groups -OCH3 is 1. The van der Waals surface area contributed by atoms with Crippen molar-refractivity contribution >= 4 is 0 Å². The third kappa shape index (κ3) is 1.86. The zero-order chi connectivity index (χ0) is 11.5. The summed E-state index contributed by atoms with van der Waals surface area (Å²) < 4.78 is 18.6. The van der Waals surface area contributed by atoms with Crippen LogP contribution in [0.2, 0.25) is 0 Å². The van der Waals surface area contributed by atoms with Gasteiger partial charge in [-0.3, -0.25) is 0 Å². The fourth-order valence-corrected chi connectivity index (χ4v) is 1.61. The summed E-state index contributed by atoms with van der Waals surface area (Å²) in [5, 5.41) is 0. The van der Waals surface area contributed by atoms with Crippen LogP contribution in [0.25, 0.3) is 11.4 Å². The molecule has 4 heteroatoms. The molecule has 2 aromatic rings. The Morgan fingerprint density at radius 2 is 1.88 bits per heavy atom. The molecule has 0 aliphatic rings. The summed E-state index contributed by atoms with van der Waals surface area (Å²) in [6, 6.07) is 4.51. The van der Waals surface area contributed by atoms with Crippen molar-refractivity contribution in [2.24, 2.45) is 0 Å². The zero-order valence-corrected chi connectivity index (χ0v) is 9.07. The molecule has 0 bridgehead atoms. The van der Waals surface area contributed by atoms with Gasteiger partial charge in [-0.1, -0.05) is 0 Å². The van der Waals surface area contributed by atoms with E-state index in [1.54, 1.807) is 32.5 Å². The summed E-state index contributed by atoms with van der Waals surface area (Å²) in [5.74, 6) is 0.746. The average molecular weight is 218 g/mol. The maximum absolute atomic E-state index is 13.3. The Hall–Kier alpha value is -1.97. The van der Waals surface area contributed by atoms with Gasteiger partial charge in [0.05, 0.1) is 12.7 Å². The summed E-state index contributed by atoms with van der Waals surface area (Å²) in [7, 11) is 1.55. The van der Waals surface area contributed by atoms with E-state index < -0.39 is 0 Å². The Morgan fingerprint density at radius 1 is 1.19 bits per heavy atom. The van der Waals surface area contributed by atoms with Crippen molar-refractivity contribution in [3.63, 3.8) is 0 Å². The lowest BCUT2D eigenvalue weighted by Gasteiger charge is -2.10. The molecule has 3 nitrogen and oxygen atoms in total. The van der Waals surface area contributed by atoms with Gasteiger partial charge in [0, 0.05) is 12.4 Å². The molecule has 1 aromatic heterocycles. The first-order valence-electron chi connectivity index (χ1n) is 4.84. The van der Waals surface area contributed by atoms with Gasteiger partial charge in [0.15, 0.2) is 5.82 Å². The standard InChI is InChI=1S/C12H11FN2O/c1-8-6-9(13)7-10(11(8)16-2)12-14-4-3-5-15-12/h3-7H,1-2H3. The van der Waals surface area contributed by atoms with E-state index in [1.165, 1.54) is 12.1 Å². The molecule has 1 aromatic carbocycles. The smallest absolute Gasteiger partial charge is 0.162 e. The summed E-state index contributed by atoms with van der Waals surface area (Å²) in [5.41, 5.74) is 1.30.